The molecule has 0 saturated heterocycles. The molecule has 29 heavy (non-hydrogen) atoms. The number of carbonyl (C=O) groups excluding carboxylic acids is 1. The monoisotopic (exact) mass is 438 g/mol. The van der Waals surface area contributed by atoms with Crippen LogP contribution in [0.5, 0.6) is 11.5 Å². The molecule has 0 saturated carbocycles. The molecule has 2 aromatic rings. The molecule has 0 aromatic heterocycles. The zero-order chi connectivity index (χ0) is 21.0. The second kappa shape index (κ2) is 9.28. The van der Waals surface area contributed by atoms with Crippen molar-refractivity contribution in [2.45, 2.75) is 6.43 Å². The fourth-order valence-electron chi connectivity index (χ4n) is 2.60. The van der Waals surface area contributed by atoms with E-state index in [0.717, 1.165) is 17.3 Å². The molecule has 1 heterocycles. The quantitative estimate of drug-likeness (QED) is 0.589. The van der Waals surface area contributed by atoms with Crippen molar-refractivity contribution in [1.29, 1.82) is 0 Å². The summed E-state index contributed by atoms with van der Waals surface area (Å²) in [5, 5.41) is 0.537. The molecule has 0 N–H and O–H groups in total. The highest BCUT2D eigenvalue weighted by atomic mass is 35.5. The Kier molecular flexibility index (Phi) is 6.76. The van der Waals surface area contributed by atoms with Crippen molar-refractivity contribution in [3.8, 4) is 11.5 Å². The summed E-state index contributed by atoms with van der Waals surface area (Å²) in [5.74, 6) is 0.129. The highest BCUT2D eigenvalue weighted by Crippen LogP contribution is 2.34. The van der Waals surface area contributed by atoms with E-state index in [4.69, 9.17) is 21.1 Å². The number of hydrogen-bond acceptors (Lipinski definition) is 5. The van der Waals surface area contributed by atoms with Gasteiger partial charge in [-0.2, -0.15) is 0 Å². The average molecular weight is 439 g/mol. The van der Waals surface area contributed by atoms with Crippen molar-refractivity contribution < 1.29 is 23.0 Å². The van der Waals surface area contributed by atoms with E-state index in [1.807, 2.05) is 0 Å². The van der Waals surface area contributed by atoms with Gasteiger partial charge in [-0.3, -0.25) is 9.69 Å². The number of anilines is 1. The first-order valence-corrected chi connectivity index (χ1v) is 9.82. The highest BCUT2D eigenvalue weighted by Gasteiger charge is 2.33. The summed E-state index contributed by atoms with van der Waals surface area (Å²) in [6, 6.07) is 11.8. The number of ether oxygens (including phenoxy) is 2. The topological polar surface area (TPSA) is 51.1 Å². The van der Waals surface area contributed by atoms with Crippen molar-refractivity contribution in [3.05, 3.63) is 58.7 Å². The maximum absolute atomic E-state index is 13.0. The molecule has 152 valence electrons. The summed E-state index contributed by atoms with van der Waals surface area (Å²) in [4.78, 5) is 18.6. The summed E-state index contributed by atoms with van der Waals surface area (Å²) in [6.45, 7) is 0. The smallest absolute Gasteiger partial charge is 0.283 e. The second-order valence-electron chi connectivity index (χ2n) is 5.86. The van der Waals surface area contributed by atoms with Gasteiger partial charge in [-0.05, 0) is 35.9 Å². The first-order chi connectivity index (χ1) is 13.9. The molecule has 0 bridgehead atoms. The third kappa shape index (κ3) is 4.89. The number of rotatable bonds is 6. The van der Waals surface area contributed by atoms with Crippen LogP contribution in [0.25, 0.3) is 6.08 Å². The summed E-state index contributed by atoms with van der Waals surface area (Å²) >= 11 is 6.86. The molecule has 1 amide bonds. The predicted octanol–water partition coefficient (Wildman–Crippen LogP) is 5.10. The molecule has 1 aliphatic heterocycles. The Bertz CT molecular complexity index is 965. The van der Waals surface area contributed by atoms with Gasteiger partial charge in [0.2, 0.25) is 6.43 Å². The molecule has 0 aliphatic carbocycles. The van der Waals surface area contributed by atoms with E-state index in [2.05, 4.69) is 4.99 Å². The lowest BCUT2D eigenvalue weighted by molar-refractivity contribution is -0.113. The van der Waals surface area contributed by atoms with Gasteiger partial charge in [0, 0.05) is 6.07 Å². The van der Waals surface area contributed by atoms with Crippen molar-refractivity contribution in [1.82, 2.24) is 0 Å². The first-order valence-electron chi connectivity index (χ1n) is 8.46. The molecular weight excluding hydrogens is 422 g/mol. The van der Waals surface area contributed by atoms with Crippen LogP contribution in [0, 0.1) is 0 Å². The van der Waals surface area contributed by atoms with Crippen LogP contribution in [0.2, 0.25) is 5.02 Å². The Morgan fingerprint density at radius 1 is 1.17 bits per heavy atom. The average Bonchev–Trinajstić information content (AvgIpc) is 3.02. The van der Waals surface area contributed by atoms with Gasteiger partial charge in [-0.15, -0.1) is 0 Å². The zero-order valence-electron chi connectivity index (χ0n) is 15.6. The largest absolute Gasteiger partial charge is 0.497 e. The molecule has 1 aliphatic rings. The first kappa shape index (κ1) is 21.1. The second-order valence-corrected chi connectivity index (χ2v) is 7.25. The molecule has 0 radical (unpaired) electrons. The van der Waals surface area contributed by atoms with Gasteiger partial charge in [0.05, 0.1) is 30.7 Å². The summed E-state index contributed by atoms with van der Waals surface area (Å²) < 4.78 is 35.8. The van der Waals surface area contributed by atoms with Crippen LogP contribution >= 0.6 is 23.4 Å². The minimum Gasteiger partial charge on any atom is -0.497 e. The van der Waals surface area contributed by atoms with E-state index in [9.17, 15) is 13.6 Å². The van der Waals surface area contributed by atoms with Gasteiger partial charge in [0.15, 0.2) is 5.17 Å². The Morgan fingerprint density at radius 2 is 1.90 bits per heavy atom. The van der Waals surface area contributed by atoms with E-state index >= 15 is 0 Å². The van der Waals surface area contributed by atoms with Gasteiger partial charge in [-0.25, -0.2) is 13.8 Å². The fourth-order valence-corrected chi connectivity index (χ4v) is 3.55. The SMILES string of the molecule is COc1ccc(/C=C2\N=C(SCC(F)F)N(c3ccc(Cl)c(OC)c3)C2=O)cc1. The number of halogens is 3. The maximum Gasteiger partial charge on any atom is 0.283 e. The van der Waals surface area contributed by atoms with E-state index in [1.54, 1.807) is 55.7 Å². The lowest BCUT2D eigenvalue weighted by Gasteiger charge is -2.18. The van der Waals surface area contributed by atoms with Gasteiger partial charge in [0.25, 0.3) is 5.91 Å². The van der Waals surface area contributed by atoms with Gasteiger partial charge >= 0.3 is 0 Å². The van der Waals surface area contributed by atoms with E-state index < -0.39 is 18.1 Å². The molecule has 9 heteroatoms. The van der Waals surface area contributed by atoms with Crippen molar-refractivity contribution >= 4 is 46.2 Å². The van der Waals surface area contributed by atoms with Crippen LogP contribution in [0.15, 0.2) is 53.2 Å². The van der Waals surface area contributed by atoms with Gasteiger partial charge in [0.1, 0.15) is 17.2 Å². The predicted molar refractivity (Wildman–Crippen MR) is 112 cm³/mol. The highest BCUT2D eigenvalue weighted by molar-refractivity contribution is 8.14. The number of benzene rings is 2. The number of hydrogen-bond donors (Lipinski definition) is 0. The molecule has 0 fully saturated rings. The maximum atomic E-state index is 13.0. The molecular formula is C20H17ClF2N2O3S. The van der Waals surface area contributed by atoms with Gasteiger partial charge in [-0.1, -0.05) is 35.5 Å². The number of aliphatic imine (C=N–C) groups is 1. The van der Waals surface area contributed by atoms with Crippen LogP contribution < -0.4 is 14.4 Å². The normalized spacial score (nSPS) is 15.2. The Morgan fingerprint density at radius 3 is 2.52 bits per heavy atom. The summed E-state index contributed by atoms with van der Waals surface area (Å²) in [6.07, 6.45) is -0.938. The number of thioether (sulfide) groups is 1. The Balaban J connectivity index is 1.97. The minimum absolute atomic E-state index is 0.140. The van der Waals surface area contributed by atoms with Crippen LogP contribution in [0.3, 0.4) is 0 Å². The molecule has 5 nitrogen and oxygen atoms in total. The third-order valence-electron chi connectivity index (χ3n) is 3.98. The van der Waals surface area contributed by atoms with Crippen LogP contribution in [-0.4, -0.2) is 37.5 Å². The number of methoxy groups -OCH3 is 2. The number of carbonyl (C=O) groups is 1. The summed E-state index contributed by atoms with van der Waals surface area (Å²) in [5.41, 5.74) is 1.29. The molecule has 0 spiro atoms. The van der Waals surface area contributed by atoms with Crippen molar-refractivity contribution in [3.63, 3.8) is 0 Å². The van der Waals surface area contributed by atoms with Gasteiger partial charge < -0.3 is 9.47 Å². The zero-order valence-corrected chi connectivity index (χ0v) is 17.1. The lowest BCUT2D eigenvalue weighted by Crippen LogP contribution is -2.30. The van der Waals surface area contributed by atoms with Crippen molar-refractivity contribution in [2.75, 3.05) is 24.9 Å². The van der Waals surface area contributed by atoms with Crippen LogP contribution in [0.4, 0.5) is 14.5 Å². The lowest BCUT2D eigenvalue weighted by atomic mass is 10.2. The van der Waals surface area contributed by atoms with Crippen LogP contribution in [0.1, 0.15) is 5.56 Å². The number of nitrogens with zero attached hydrogens (tertiary/aromatic N) is 2. The Labute approximate surface area is 176 Å². The number of alkyl halides is 2. The number of amides is 1. The number of amidine groups is 1. The fraction of sp³-hybridized carbons (Fsp3) is 0.200. The molecule has 0 unspecified atom stereocenters. The summed E-state index contributed by atoms with van der Waals surface area (Å²) in [7, 11) is 3.01. The third-order valence-corrected chi connectivity index (χ3v) is 5.24. The van der Waals surface area contributed by atoms with E-state index in [-0.39, 0.29) is 10.9 Å². The minimum atomic E-state index is -2.53. The molecule has 3 rings (SSSR count). The molecule has 2 aromatic carbocycles. The Hall–Kier alpha value is -2.58. The van der Waals surface area contributed by atoms with Crippen molar-refractivity contribution in [2.24, 2.45) is 4.99 Å². The standard InChI is InChI=1S/C20H17ClF2N2O3S/c1-27-14-6-3-12(4-7-14)9-16-19(26)25(20(24-16)29-11-18(22)23)13-5-8-15(21)17(10-13)28-2/h3-10,18H,11H2,1-2H3/b16-9-. The van der Waals surface area contributed by atoms with E-state index in [1.165, 1.54) is 12.0 Å². The van der Waals surface area contributed by atoms with Crippen LogP contribution in [-0.2, 0) is 4.79 Å². The molecule has 0 atom stereocenters. The van der Waals surface area contributed by atoms with E-state index in [0.29, 0.717) is 22.2 Å².